The number of carbonyl (C=O) groups is 1. The molecule has 3 N–H and O–H groups in total. The van der Waals surface area contributed by atoms with Crippen LogP contribution in [0.5, 0.6) is 6.01 Å². The zero-order valence-electron chi connectivity index (χ0n) is 21.9. The molecule has 39 heavy (non-hydrogen) atoms. The highest BCUT2D eigenvalue weighted by Crippen LogP contribution is 2.36. The third-order valence-electron chi connectivity index (χ3n) is 7.66. The summed E-state index contributed by atoms with van der Waals surface area (Å²) < 4.78 is 22.8. The summed E-state index contributed by atoms with van der Waals surface area (Å²) >= 11 is 6.61. The molecule has 4 atom stereocenters. The number of amides is 1. The fraction of sp³-hybridized carbons (Fsp3) is 0.536. The average Bonchev–Trinajstić information content (AvgIpc) is 3.60. The van der Waals surface area contributed by atoms with Gasteiger partial charge in [0.1, 0.15) is 29.9 Å². The lowest BCUT2D eigenvalue weighted by atomic mass is 9.82. The lowest BCUT2D eigenvalue weighted by Gasteiger charge is -2.29. The van der Waals surface area contributed by atoms with Crippen molar-refractivity contribution in [3.05, 3.63) is 40.9 Å². The van der Waals surface area contributed by atoms with Crippen LogP contribution in [-0.4, -0.2) is 75.9 Å². The van der Waals surface area contributed by atoms with E-state index >= 15 is 0 Å². The average molecular weight is 557 g/mol. The predicted octanol–water partition coefficient (Wildman–Crippen LogP) is 4.35. The van der Waals surface area contributed by atoms with Gasteiger partial charge in [-0.1, -0.05) is 35.9 Å². The number of aromatic nitrogens is 3. The van der Waals surface area contributed by atoms with Gasteiger partial charge in [-0.2, -0.15) is 4.98 Å². The fourth-order valence-electron chi connectivity index (χ4n) is 5.69. The van der Waals surface area contributed by atoms with Crippen molar-refractivity contribution in [2.45, 2.75) is 82.0 Å². The molecule has 2 saturated heterocycles. The first-order valence-corrected chi connectivity index (χ1v) is 13.9. The molecule has 10 nitrogen and oxygen atoms in total. The minimum absolute atomic E-state index is 0.0304. The van der Waals surface area contributed by atoms with Gasteiger partial charge in [-0.25, -0.2) is 9.78 Å². The summed E-state index contributed by atoms with van der Waals surface area (Å²) in [5, 5.41) is 13.2. The lowest BCUT2D eigenvalue weighted by molar-refractivity contribution is 0.00706. The number of H-pyrrole nitrogens is 1. The van der Waals surface area contributed by atoms with Crippen LogP contribution in [0.25, 0.3) is 22.4 Å². The molecule has 0 radical (unpaired) electrons. The number of aliphatic hydroxyl groups excluding tert-OH is 1. The Bertz CT molecular complexity index is 1320. The van der Waals surface area contributed by atoms with Crippen LogP contribution < -0.4 is 10.1 Å². The number of halogens is 1. The minimum Gasteiger partial charge on any atom is -0.456 e. The van der Waals surface area contributed by atoms with Crippen LogP contribution in [0.3, 0.4) is 0 Å². The summed E-state index contributed by atoms with van der Waals surface area (Å²) in [6, 6.07) is 10.5. The van der Waals surface area contributed by atoms with Gasteiger partial charge in [0.25, 0.3) is 6.01 Å². The van der Waals surface area contributed by atoms with Gasteiger partial charge in [-0.05, 0) is 57.1 Å². The van der Waals surface area contributed by atoms with E-state index in [9.17, 15) is 9.90 Å². The summed E-state index contributed by atoms with van der Waals surface area (Å²) in [5.41, 5.74) is 3.99. The van der Waals surface area contributed by atoms with Gasteiger partial charge >= 0.3 is 6.09 Å². The number of benzene rings is 1. The first-order chi connectivity index (χ1) is 18.8. The number of imidazole rings is 1. The van der Waals surface area contributed by atoms with Crippen LogP contribution in [0.15, 0.2) is 30.3 Å². The minimum atomic E-state index is -0.638. The largest absolute Gasteiger partial charge is 0.456 e. The van der Waals surface area contributed by atoms with Gasteiger partial charge < -0.3 is 29.4 Å². The highest BCUT2D eigenvalue weighted by Gasteiger charge is 2.48. The normalized spacial score (nSPS) is 28.5. The Balaban J connectivity index is 1.10. The molecule has 1 saturated carbocycles. The van der Waals surface area contributed by atoms with Crippen molar-refractivity contribution in [2.24, 2.45) is 0 Å². The summed E-state index contributed by atoms with van der Waals surface area (Å²) in [7, 11) is 0. The molecule has 3 fully saturated rings. The molecule has 2 aromatic heterocycles. The van der Waals surface area contributed by atoms with E-state index in [1.54, 1.807) is 6.07 Å². The number of aromatic amines is 1. The maximum Gasteiger partial charge on any atom is 0.407 e. The van der Waals surface area contributed by atoms with Gasteiger partial charge in [0, 0.05) is 11.6 Å². The third-order valence-corrected chi connectivity index (χ3v) is 7.95. The van der Waals surface area contributed by atoms with E-state index in [4.69, 9.17) is 35.5 Å². The van der Waals surface area contributed by atoms with Crippen LogP contribution in [0, 0.1) is 0 Å². The predicted molar refractivity (Wildman–Crippen MR) is 144 cm³/mol. The van der Waals surface area contributed by atoms with E-state index in [2.05, 4.69) is 27.4 Å². The Morgan fingerprint density at radius 1 is 1.10 bits per heavy atom. The number of aliphatic hydroxyl groups is 1. The highest BCUT2D eigenvalue weighted by molar-refractivity contribution is 6.33. The lowest BCUT2D eigenvalue weighted by Crippen LogP contribution is -2.34. The number of fused-ring (bicyclic) bond motifs is 2. The van der Waals surface area contributed by atoms with Crippen molar-refractivity contribution in [3.8, 4) is 17.3 Å². The van der Waals surface area contributed by atoms with Gasteiger partial charge in [0.05, 0.1) is 23.9 Å². The number of nitrogens with one attached hydrogen (secondary N) is 2. The third kappa shape index (κ3) is 5.56. The molecule has 0 spiro atoms. The highest BCUT2D eigenvalue weighted by atomic mass is 35.5. The van der Waals surface area contributed by atoms with E-state index < -0.39 is 6.10 Å². The summed E-state index contributed by atoms with van der Waals surface area (Å²) in [6.45, 7) is 4.39. The maximum absolute atomic E-state index is 11.9. The molecule has 6 rings (SSSR count). The first-order valence-electron chi connectivity index (χ1n) is 13.6. The van der Waals surface area contributed by atoms with Crippen molar-refractivity contribution >= 4 is 28.9 Å². The smallest absolute Gasteiger partial charge is 0.407 e. The molecule has 0 unspecified atom stereocenters. The van der Waals surface area contributed by atoms with E-state index in [0.29, 0.717) is 40.4 Å². The van der Waals surface area contributed by atoms with Crippen molar-refractivity contribution in [1.82, 2.24) is 20.3 Å². The van der Waals surface area contributed by atoms with Crippen LogP contribution in [0.2, 0.25) is 5.02 Å². The maximum atomic E-state index is 11.9. The molecule has 208 valence electrons. The van der Waals surface area contributed by atoms with Crippen LogP contribution >= 0.6 is 11.6 Å². The number of alkyl carbamates (subject to hydrolysis) is 1. The van der Waals surface area contributed by atoms with Crippen LogP contribution in [0.4, 0.5) is 4.79 Å². The summed E-state index contributed by atoms with van der Waals surface area (Å²) in [5.74, 6) is 0.425. The molecule has 1 aromatic carbocycles. The van der Waals surface area contributed by atoms with Gasteiger partial charge in [0.2, 0.25) is 0 Å². The Kier molecular flexibility index (Phi) is 7.37. The summed E-state index contributed by atoms with van der Waals surface area (Å²) in [4.78, 5) is 24.2. The molecule has 3 aliphatic rings. The number of hydrogen-bond donors (Lipinski definition) is 3. The fourth-order valence-corrected chi connectivity index (χ4v) is 5.94. The van der Waals surface area contributed by atoms with E-state index in [1.165, 1.54) is 5.56 Å². The Labute approximate surface area is 231 Å². The summed E-state index contributed by atoms with van der Waals surface area (Å²) in [6.07, 6.45) is 1.58. The quantitative estimate of drug-likeness (QED) is 0.409. The SMILES string of the molecule is CC(C)NC(=O)O[C@H]1CC[C@H](c2ccc(-c3nc4[nH]c(O[C@@H]5CO[C@H]6[C@@H]5OC[C@H]6O)nc4cc3Cl)cc2)CC1. The zero-order chi connectivity index (χ0) is 27.1. The van der Waals surface area contributed by atoms with Crippen LogP contribution in [0.1, 0.15) is 51.0 Å². The molecule has 0 bridgehead atoms. The van der Waals surface area contributed by atoms with E-state index in [-0.39, 0.29) is 43.2 Å². The van der Waals surface area contributed by atoms with E-state index in [1.807, 2.05) is 26.0 Å². The number of rotatable bonds is 6. The molecule has 11 heteroatoms. The van der Waals surface area contributed by atoms with Crippen molar-refractivity contribution in [2.75, 3.05) is 13.2 Å². The van der Waals surface area contributed by atoms with Gasteiger partial charge in [0.15, 0.2) is 11.8 Å². The van der Waals surface area contributed by atoms with Crippen molar-refractivity contribution in [3.63, 3.8) is 0 Å². The topological polar surface area (TPSA) is 128 Å². The molecule has 3 aromatic rings. The van der Waals surface area contributed by atoms with Gasteiger partial charge in [-0.3, -0.25) is 4.98 Å². The Hall–Kier alpha value is -2.92. The molecule has 1 amide bonds. The Morgan fingerprint density at radius 2 is 1.85 bits per heavy atom. The van der Waals surface area contributed by atoms with Crippen molar-refractivity contribution < 1.29 is 28.8 Å². The number of nitrogens with zero attached hydrogens (tertiary/aromatic N) is 2. The monoisotopic (exact) mass is 556 g/mol. The second kappa shape index (κ2) is 10.9. The molecular weight excluding hydrogens is 524 g/mol. The van der Waals surface area contributed by atoms with Crippen molar-refractivity contribution in [1.29, 1.82) is 0 Å². The molecular formula is C28H33ClN4O6. The second-order valence-electron chi connectivity index (χ2n) is 10.8. The van der Waals surface area contributed by atoms with E-state index in [0.717, 1.165) is 31.2 Å². The first kappa shape index (κ1) is 26.3. The molecule has 2 aliphatic heterocycles. The van der Waals surface area contributed by atoms with Gasteiger partial charge in [-0.15, -0.1) is 0 Å². The number of pyridine rings is 1. The molecule has 1 aliphatic carbocycles. The number of carbonyl (C=O) groups excluding carboxylic acids is 1. The zero-order valence-corrected chi connectivity index (χ0v) is 22.7. The van der Waals surface area contributed by atoms with Crippen LogP contribution in [-0.2, 0) is 14.2 Å². The Morgan fingerprint density at radius 3 is 2.59 bits per heavy atom. The molecule has 4 heterocycles. The second-order valence-corrected chi connectivity index (χ2v) is 11.3. The standard InChI is InChI=1S/C28H33ClN4O6/c1-14(2)30-28(35)38-18-9-7-16(8-10-18)15-3-5-17(6-4-15)23-19(29)11-20-26(32-23)33-27(31-20)39-22-13-37-24-21(34)12-36-25(22)24/h3-6,11,14,16,18,21-22,24-25,34H,7-10,12-13H2,1-2H3,(H,30,35)(H,31,32,33)/t16-,18-,21-,22-,24-,25-/m1/s1. The number of hydrogen-bond acceptors (Lipinski definition) is 8. The number of ether oxygens (including phenoxy) is 4.